The Labute approximate surface area is 269 Å². The minimum Gasteiger partial charge on any atom is -0.352 e. The van der Waals surface area contributed by atoms with Crippen LogP contribution in [-0.2, 0) is 26.2 Å². The topological polar surface area (TPSA) is 86.8 Å². The predicted molar refractivity (Wildman–Crippen MR) is 173 cm³/mol. The van der Waals surface area contributed by atoms with Gasteiger partial charge in [-0.3, -0.25) is 13.9 Å². The maximum atomic E-state index is 14.3. The number of halogens is 3. The van der Waals surface area contributed by atoms with Crippen LogP contribution in [0, 0.1) is 6.92 Å². The molecule has 4 rings (SSSR count). The Morgan fingerprint density at radius 2 is 1.51 bits per heavy atom. The zero-order chi connectivity index (χ0) is 31.1. The summed E-state index contributed by atoms with van der Waals surface area (Å²) in [4.78, 5) is 29.3. The van der Waals surface area contributed by atoms with E-state index in [-0.39, 0.29) is 23.4 Å². The third kappa shape index (κ3) is 8.24. The van der Waals surface area contributed by atoms with E-state index in [0.717, 1.165) is 42.0 Å². The fraction of sp³-hybridized carbons (Fsp3) is 0.375. The molecule has 1 N–H and O–H groups in total. The lowest BCUT2D eigenvalue weighted by Crippen LogP contribution is -2.54. The first kappa shape index (κ1) is 33.1. The second-order valence-electron chi connectivity index (χ2n) is 10.8. The molecule has 0 spiro atoms. The van der Waals surface area contributed by atoms with Crippen LogP contribution in [0.4, 0.5) is 5.69 Å². The van der Waals surface area contributed by atoms with Gasteiger partial charge in [-0.25, -0.2) is 8.42 Å². The Kier molecular flexibility index (Phi) is 11.4. The van der Waals surface area contributed by atoms with Gasteiger partial charge in [-0.05, 0) is 74.7 Å². The van der Waals surface area contributed by atoms with Gasteiger partial charge in [0.2, 0.25) is 11.8 Å². The van der Waals surface area contributed by atoms with Crippen molar-refractivity contribution >= 4 is 62.3 Å². The number of aryl methyl sites for hydroxylation is 1. The van der Waals surface area contributed by atoms with E-state index in [1.807, 2.05) is 13.8 Å². The summed E-state index contributed by atoms with van der Waals surface area (Å²) >= 11 is 19.0. The number of sulfonamides is 1. The summed E-state index contributed by atoms with van der Waals surface area (Å²) in [6.07, 6.45) is 5.28. The zero-order valence-corrected chi connectivity index (χ0v) is 27.3. The van der Waals surface area contributed by atoms with Gasteiger partial charge in [0.05, 0.1) is 10.6 Å². The van der Waals surface area contributed by atoms with Crippen molar-refractivity contribution in [2.75, 3.05) is 10.8 Å². The van der Waals surface area contributed by atoms with Gasteiger partial charge in [-0.1, -0.05) is 84.8 Å². The van der Waals surface area contributed by atoms with Gasteiger partial charge in [0, 0.05) is 33.2 Å². The first-order valence-electron chi connectivity index (χ1n) is 14.4. The van der Waals surface area contributed by atoms with E-state index in [9.17, 15) is 18.0 Å². The minimum atomic E-state index is -4.20. The number of amides is 2. The number of carbonyl (C=O) groups is 2. The van der Waals surface area contributed by atoms with Crippen LogP contribution >= 0.6 is 34.8 Å². The van der Waals surface area contributed by atoms with Crippen LogP contribution in [0.3, 0.4) is 0 Å². The largest absolute Gasteiger partial charge is 0.352 e. The molecule has 11 heteroatoms. The van der Waals surface area contributed by atoms with E-state index in [2.05, 4.69) is 5.32 Å². The summed E-state index contributed by atoms with van der Waals surface area (Å²) in [6.45, 7) is 3.08. The highest BCUT2D eigenvalue weighted by molar-refractivity contribution is 7.92. The van der Waals surface area contributed by atoms with E-state index in [1.54, 1.807) is 42.5 Å². The number of carbonyl (C=O) groups excluding carboxylic acids is 2. The van der Waals surface area contributed by atoms with Crippen molar-refractivity contribution in [1.82, 2.24) is 10.2 Å². The number of rotatable bonds is 11. The normalized spacial score (nSPS) is 14.6. The number of hydrogen-bond donors (Lipinski definition) is 1. The Morgan fingerprint density at radius 3 is 2.09 bits per heavy atom. The van der Waals surface area contributed by atoms with Crippen LogP contribution in [0.25, 0.3) is 0 Å². The Morgan fingerprint density at radius 1 is 0.907 bits per heavy atom. The number of benzene rings is 3. The molecule has 2 amide bonds. The highest BCUT2D eigenvalue weighted by Crippen LogP contribution is 2.29. The Hall–Kier alpha value is -2.78. The molecule has 0 bridgehead atoms. The molecule has 1 fully saturated rings. The second-order valence-corrected chi connectivity index (χ2v) is 13.9. The average Bonchev–Trinajstić information content (AvgIpc) is 2.98. The molecule has 1 atom stereocenters. The molecule has 0 aromatic heterocycles. The molecular weight excluding hydrogens is 629 g/mol. The molecule has 7 nitrogen and oxygen atoms in total. The van der Waals surface area contributed by atoms with Crippen LogP contribution in [0.2, 0.25) is 15.1 Å². The summed E-state index contributed by atoms with van der Waals surface area (Å²) < 4.78 is 29.0. The first-order chi connectivity index (χ1) is 20.5. The van der Waals surface area contributed by atoms with Crippen LogP contribution in [-0.4, -0.2) is 43.8 Å². The molecule has 230 valence electrons. The maximum Gasteiger partial charge on any atom is 0.264 e. The van der Waals surface area contributed by atoms with E-state index < -0.39 is 28.5 Å². The van der Waals surface area contributed by atoms with Crippen molar-refractivity contribution in [3.05, 3.63) is 92.9 Å². The predicted octanol–water partition coefficient (Wildman–Crippen LogP) is 7.41. The highest BCUT2D eigenvalue weighted by atomic mass is 35.5. The van der Waals surface area contributed by atoms with Gasteiger partial charge in [-0.2, -0.15) is 0 Å². The Balaban J connectivity index is 1.73. The maximum absolute atomic E-state index is 14.3. The molecule has 3 aromatic rings. The summed E-state index contributed by atoms with van der Waals surface area (Å²) in [5, 5.41) is 4.20. The lowest BCUT2D eigenvalue weighted by molar-refractivity contribution is -0.140. The van der Waals surface area contributed by atoms with Crippen molar-refractivity contribution in [3.63, 3.8) is 0 Å². The van der Waals surface area contributed by atoms with E-state index in [4.69, 9.17) is 34.8 Å². The van der Waals surface area contributed by atoms with Gasteiger partial charge >= 0.3 is 0 Å². The molecule has 43 heavy (non-hydrogen) atoms. The molecular formula is C32H36Cl3N3O4S. The van der Waals surface area contributed by atoms with E-state index in [0.29, 0.717) is 32.7 Å². The minimum absolute atomic E-state index is 0.0203. The van der Waals surface area contributed by atoms with Gasteiger partial charge < -0.3 is 10.2 Å². The van der Waals surface area contributed by atoms with E-state index >= 15 is 0 Å². The van der Waals surface area contributed by atoms with Crippen molar-refractivity contribution in [3.8, 4) is 0 Å². The fourth-order valence-electron chi connectivity index (χ4n) is 5.29. The smallest absolute Gasteiger partial charge is 0.264 e. The van der Waals surface area contributed by atoms with Crippen molar-refractivity contribution in [1.29, 1.82) is 0 Å². The number of nitrogens with one attached hydrogen (secondary N) is 1. The lowest BCUT2D eigenvalue weighted by atomic mass is 9.95. The monoisotopic (exact) mass is 663 g/mol. The summed E-state index contributed by atoms with van der Waals surface area (Å²) in [5.74, 6) is -0.854. The molecule has 1 aliphatic carbocycles. The van der Waals surface area contributed by atoms with Crippen molar-refractivity contribution in [2.24, 2.45) is 0 Å². The molecule has 1 unspecified atom stereocenters. The molecule has 3 aromatic carbocycles. The lowest BCUT2D eigenvalue weighted by Gasteiger charge is -2.34. The molecule has 0 heterocycles. The van der Waals surface area contributed by atoms with Gasteiger partial charge in [0.15, 0.2) is 0 Å². The van der Waals surface area contributed by atoms with Gasteiger partial charge in [0.25, 0.3) is 10.0 Å². The summed E-state index contributed by atoms with van der Waals surface area (Å²) in [5.41, 5.74) is 1.72. The number of nitrogens with zero attached hydrogens (tertiary/aromatic N) is 2. The van der Waals surface area contributed by atoms with Crippen LogP contribution in [0.5, 0.6) is 0 Å². The summed E-state index contributed by atoms with van der Waals surface area (Å²) in [7, 11) is -4.20. The molecule has 0 aliphatic heterocycles. The van der Waals surface area contributed by atoms with Crippen molar-refractivity contribution < 1.29 is 18.0 Å². The summed E-state index contributed by atoms with van der Waals surface area (Å²) in [6, 6.07) is 16.8. The van der Waals surface area contributed by atoms with E-state index in [1.165, 1.54) is 29.2 Å². The SMILES string of the molecule is CCC(C(=O)NC1CCCCC1)N(Cc1c(Cl)cccc1Cl)C(=O)CN(c1ccc(C)cc1)S(=O)(=O)c1ccc(Cl)cc1. The van der Waals surface area contributed by atoms with Gasteiger partial charge in [-0.15, -0.1) is 0 Å². The number of hydrogen-bond acceptors (Lipinski definition) is 4. The third-order valence-electron chi connectivity index (χ3n) is 7.73. The van der Waals surface area contributed by atoms with Crippen molar-refractivity contribution in [2.45, 2.75) is 75.9 Å². The first-order valence-corrected chi connectivity index (χ1v) is 17.0. The second kappa shape index (κ2) is 14.8. The standard InChI is InChI=1S/C32H36Cl3N3O4S/c1-3-30(32(40)36-24-8-5-4-6-9-24)37(20-27-28(34)10-7-11-29(27)35)31(39)21-38(25-16-12-22(2)13-17-25)43(41,42)26-18-14-23(33)15-19-26/h7,10-19,24,30H,3-6,8-9,20-21H2,1-2H3,(H,36,40). The quantitative estimate of drug-likeness (QED) is 0.231. The molecule has 0 saturated heterocycles. The molecule has 1 aliphatic rings. The van der Waals surface area contributed by atoms with Crippen LogP contribution < -0.4 is 9.62 Å². The molecule has 1 saturated carbocycles. The number of anilines is 1. The third-order valence-corrected chi connectivity index (χ3v) is 10.5. The Bertz CT molecular complexity index is 1510. The average molecular weight is 665 g/mol. The van der Waals surface area contributed by atoms with Crippen LogP contribution in [0.15, 0.2) is 71.6 Å². The van der Waals surface area contributed by atoms with Crippen LogP contribution in [0.1, 0.15) is 56.6 Å². The highest BCUT2D eigenvalue weighted by Gasteiger charge is 2.35. The molecule has 0 radical (unpaired) electrons. The fourth-order valence-corrected chi connectivity index (χ4v) is 7.35. The zero-order valence-electron chi connectivity index (χ0n) is 24.2. The van der Waals surface area contributed by atoms with Gasteiger partial charge in [0.1, 0.15) is 12.6 Å².